The third-order valence-electron chi connectivity index (χ3n) is 4.81. The van der Waals surface area contributed by atoms with E-state index in [4.69, 9.17) is 4.74 Å². The third-order valence-corrected chi connectivity index (χ3v) is 4.81. The summed E-state index contributed by atoms with van der Waals surface area (Å²) in [6.07, 6.45) is 0.612. The van der Waals surface area contributed by atoms with Crippen molar-refractivity contribution in [1.29, 1.82) is 0 Å². The molecule has 0 unspecified atom stereocenters. The first-order valence-electron chi connectivity index (χ1n) is 9.80. The first-order valence-corrected chi connectivity index (χ1v) is 9.80. The lowest BCUT2D eigenvalue weighted by Gasteiger charge is -2.20. The number of carbonyl (C=O) groups excluding carboxylic acids is 2. The molecule has 0 spiro atoms. The summed E-state index contributed by atoms with van der Waals surface area (Å²) in [4.78, 5) is 25.1. The van der Waals surface area contributed by atoms with Crippen molar-refractivity contribution in [1.82, 2.24) is 5.32 Å². The van der Waals surface area contributed by atoms with Crippen molar-refractivity contribution >= 4 is 11.9 Å². The quantitative estimate of drug-likeness (QED) is 0.574. The Hall–Kier alpha value is -3.40. The first kappa shape index (κ1) is 20.3. The zero-order chi connectivity index (χ0) is 20.5. The van der Waals surface area contributed by atoms with Gasteiger partial charge in [0.05, 0.1) is 12.0 Å². The van der Waals surface area contributed by atoms with Crippen LogP contribution in [0.4, 0.5) is 0 Å². The van der Waals surface area contributed by atoms with E-state index in [1.165, 1.54) is 0 Å². The zero-order valence-electron chi connectivity index (χ0n) is 16.5. The van der Waals surface area contributed by atoms with Crippen molar-refractivity contribution in [3.63, 3.8) is 0 Å². The van der Waals surface area contributed by atoms with Gasteiger partial charge in [0.1, 0.15) is 0 Å². The molecule has 1 N–H and O–H groups in total. The third kappa shape index (κ3) is 5.55. The summed E-state index contributed by atoms with van der Waals surface area (Å²) in [7, 11) is 0. The van der Waals surface area contributed by atoms with Crippen LogP contribution in [0.15, 0.2) is 91.0 Å². The van der Waals surface area contributed by atoms with Crippen LogP contribution in [0.1, 0.15) is 42.0 Å². The predicted molar refractivity (Wildman–Crippen MR) is 113 cm³/mol. The molecule has 0 aliphatic carbocycles. The Labute approximate surface area is 171 Å². The molecule has 4 heteroatoms. The van der Waals surface area contributed by atoms with E-state index in [0.29, 0.717) is 6.42 Å². The van der Waals surface area contributed by atoms with Gasteiger partial charge in [-0.3, -0.25) is 9.59 Å². The maximum Gasteiger partial charge on any atom is 0.313 e. The average Bonchev–Trinajstić information content (AvgIpc) is 2.78. The van der Waals surface area contributed by atoms with Gasteiger partial charge in [0.15, 0.2) is 6.61 Å². The summed E-state index contributed by atoms with van der Waals surface area (Å²) >= 11 is 0. The van der Waals surface area contributed by atoms with Crippen LogP contribution < -0.4 is 5.32 Å². The molecule has 1 atom stereocenters. The predicted octanol–water partition coefficient (Wildman–Crippen LogP) is 4.63. The maximum absolute atomic E-state index is 12.6. The van der Waals surface area contributed by atoms with E-state index in [0.717, 1.165) is 16.7 Å². The number of carbonyl (C=O) groups is 2. The molecular formula is C25H25NO3. The Morgan fingerprint density at radius 1 is 0.759 bits per heavy atom. The van der Waals surface area contributed by atoms with Crippen LogP contribution in [0.25, 0.3) is 0 Å². The number of benzene rings is 3. The smallest absolute Gasteiger partial charge is 0.313 e. The highest BCUT2D eigenvalue weighted by Crippen LogP contribution is 2.22. The molecule has 29 heavy (non-hydrogen) atoms. The lowest BCUT2D eigenvalue weighted by atomic mass is 9.97. The second-order valence-electron chi connectivity index (χ2n) is 6.80. The van der Waals surface area contributed by atoms with Gasteiger partial charge < -0.3 is 10.1 Å². The Morgan fingerprint density at radius 3 is 1.66 bits per heavy atom. The number of ether oxygens (including phenoxy) is 1. The molecule has 0 bridgehead atoms. The van der Waals surface area contributed by atoms with E-state index >= 15 is 0 Å². The second kappa shape index (κ2) is 10.2. The molecule has 0 heterocycles. The maximum atomic E-state index is 12.6. The Morgan fingerprint density at radius 2 is 1.21 bits per heavy atom. The van der Waals surface area contributed by atoms with Crippen molar-refractivity contribution in [2.24, 2.45) is 0 Å². The molecule has 0 aromatic heterocycles. The highest BCUT2D eigenvalue weighted by Gasteiger charge is 2.22. The van der Waals surface area contributed by atoms with Gasteiger partial charge in [-0.05, 0) is 23.1 Å². The largest absolute Gasteiger partial charge is 0.455 e. The number of esters is 1. The van der Waals surface area contributed by atoms with Gasteiger partial charge >= 0.3 is 5.97 Å². The summed E-state index contributed by atoms with van der Waals surface area (Å²) in [5.41, 5.74) is 2.83. The van der Waals surface area contributed by atoms with Crippen LogP contribution in [0.2, 0.25) is 0 Å². The molecule has 0 saturated carbocycles. The lowest BCUT2D eigenvalue weighted by Crippen LogP contribution is -2.33. The Bertz CT molecular complexity index is 871. The molecule has 0 aliphatic heterocycles. The van der Waals surface area contributed by atoms with Crippen LogP contribution in [-0.4, -0.2) is 18.5 Å². The standard InChI is InChI=1S/C25H25NO3/c1-2-22(19-12-6-3-7-13-19)25(28)29-18-23(27)26-24(20-14-8-4-9-15-20)21-16-10-5-11-17-21/h3-17,22,24H,2,18H2,1H3,(H,26,27)/t22-/m0/s1. The SMILES string of the molecule is CC[C@H](C(=O)OCC(=O)NC(c1ccccc1)c1ccccc1)c1ccccc1. The summed E-state index contributed by atoms with van der Waals surface area (Å²) in [5, 5.41) is 2.99. The molecule has 3 aromatic rings. The molecule has 3 rings (SSSR count). The summed E-state index contributed by atoms with van der Waals surface area (Å²) in [5.74, 6) is -1.09. The van der Waals surface area contributed by atoms with Crippen molar-refractivity contribution in [3.8, 4) is 0 Å². The fourth-order valence-electron chi connectivity index (χ4n) is 3.31. The number of nitrogens with one attached hydrogen (secondary N) is 1. The highest BCUT2D eigenvalue weighted by molar-refractivity contribution is 5.83. The molecule has 0 aliphatic rings. The molecule has 0 fully saturated rings. The first-order chi connectivity index (χ1) is 14.2. The highest BCUT2D eigenvalue weighted by atomic mass is 16.5. The molecule has 3 aromatic carbocycles. The molecule has 4 nitrogen and oxygen atoms in total. The summed E-state index contributed by atoms with van der Waals surface area (Å²) < 4.78 is 5.33. The normalized spacial score (nSPS) is 11.7. The lowest BCUT2D eigenvalue weighted by molar-refractivity contribution is -0.150. The molecular weight excluding hydrogens is 362 g/mol. The van der Waals surface area contributed by atoms with Gasteiger partial charge in [0, 0.05) is 0 Å². The van der Waals surface area contributed by atoms with Crippen molar-refractivity contribution in [3.05, 3.63) is 108 Å². The van der Waals surface area contributed by atoms with E-state index in [-0.39, 0.29) is 30.4 Å². The van der Waals surface area contributed by atoms with Gasteiger partial charge in [-0.15, -0.1) is 0 Å². The number of amides is 1. The van der Waals surface area contributed by atoms with E-state index < -0.39 is 0 Å². The minimum atomic E-state index is -0.384. The second-order valence-corrected chi connectivity index (χ2v) is 6.80. The summed E-state index contributed by atoms with van der Waals surface area (Å²) in [6, 6.07) is 28.6. The molecule has 1 amide bonds. The van der Waals surface area contributed by atoms with E-state index in [1.807, 2.05) is 97.9 Å². The topological polar surface area (TPSA) is 55.4 Å². The van der Waals surface area contributed by atoms with Crippen molar-refractivity contribution in [2.75, 3.05) is 6.61 Å². The van der Waals surface area contributed by atoms with Crippen molar-refractivity contribution in [2.45, 2.75) is 25.3 Å². The van der Waals surface area contributed by atoms with Crippen LogP contribution in [0.5, 0.6) is 0 Å². The van der Waals surface area contributed by atoms with Gasteiger partial charge in [-0.1, -0.05) is 97.9 Å². The van der Waals surface area contributed by atoms with Gasteiger partial charge in [-0.2, -0.15) is 0 Å². The van der Waals surface area contributed by atoms with E-state index in [2.05, 4.69) is 5.32 Å². The van der Waals surface area contributed by atoms with Gasteiger partial charge in [0.2, 0.25) is 0 Å². The minimum absolute atomic E-state index is 0.306. The van der Waals surface area contributed by atoms with Gasteiger partial charge in [-0.25, -0.2) is 0 Å². The van der Waals surface area contributed by atoms with Crippen LogP contribution >= 0.6 is 0 Å². The Balaban J connectivity index is 1.65. The zero-order valence-corrected chi connectivity index (χ0v) is 16.5. The number of hydrogen-bond donors (Lipinski definition) is 1. The number of rotatable bonds is 8. The van der Waals surface area contributed by atoms with Crippen LogP contribution in [0, 0.1) is 0 Å². The molecule has 0 radical (unpaired) electrons. The fourth-order valence-corrected chi connectivity index (χ4v) is 3.31. The monoisotopic (exact) mass is 387 g/mol. The molecule has 0 saturated heterocycles. The van der Waals surface area contributed by atoms with Crippen molar-refractivity contribution < 1.29 is 14.3 Å². The number of hydrogen-bond acceptors (Lipinski definition) is 3. The fraction of sp³-hybridized carbons (Fsp3) is 0.200. The van der Waals surface area contributed by atoms with E-state index in [1.54, 1.807) is 0 Å². The Kier molecular flexibility index (Phi) is 7.17. The van der Waals surface area contributed by atoms with Crippen LogP contribution in [0.3, 0.4) is 0 Å². The van der Waals surface area contributed by atoms with Gasteiger partial charge in [0.25, 0.3) is 5.91 Å². The van der Waals surface area contributed by atoms with E-state index in [9.17, 15) is 9.59 Å². The molecule has 148 valence electrons. The minimum Gasteiger partial charge on any atom is -0.455 e. The summed E-state index contributed by atoms with van der Waals surface area (Å²) in [6.45, 7) is 1.62. The average molecular weight is 387 g/mol. The van der Waals surface area contributed by atoms with Crippen LogP contribution in [-0.2, 0) is 14.3 Å².